The highest BCUT2D eigenvalue weighted by molar-refractivity contribution is 7.14. The van der Waals surface area contributed by atoms with E-state index in [1.807, 2.05) is 6.07 Å². The summed E-state index contributed by atoms with van der Waals surface area (Å²) in [4.78, 5) is 51.1. The molecule has 156 valence electrons. The van der Waals surface area contributed by atoms with E-state index < -0.39 is 11.9 Å². The smallest absolute Gasteiger partial charge is 0.319 e. The van der Waals surface area contributed by atoms with Gasteiger partial charge in [-0.15, -0.1) is 11.3 Å². The van der Waals surface area contributed by atoms with Gasteiger partial charge in [0.1, 0.15) is 11.8 Å². The lowest BCUT2D eigenvalue weighted by atomic mass is 10.0. The summed E-state index contributed by atoms with van der Waals surface area (Å²) in [7, 11) is 1.57. The van der Waals surface area contributed by atoms with E-state index in [1.54, 1.807) is 31.4 Å². The molecular formula is C20H20N4O5S. The Morgan fingerprint density at radius 1 is 1.27 bits per heavy atom. The minimum absolute atomic E-state index is 0.210. The van der Waals surface area contributed by atoms with E-state index in [2.05, 4.69) is 16.0 Å². The third-order valence-corrected chi connectivity index (χ3v) is 6.18. The molecule has 0 saturated carbocycles. The molecule has 9 nitrogen and oxygen atoms in total. The largest absolute Gasteiger partial charge is 0.497 e. The van der Waals surface area contributed by atoms with Crippen LogP contribution in [0.4, 0.5) is 10.5 Å². The van der Waals surface area contributed by atoms with Crippen molar-refractivity contribution in [3.8, 4) is 5.75 Å². The number of fused-ring (bicyclic) bond motifs is 1. The zero-order valence-corrected chi connectivity index (χ0v) is 17.0. The lowest BCUT2D eigenvalue weighted by molar-refractivity contribution is -0.136. The maximum absolute atomic E-state index is 12.7. The quantitative estimate of drug-likeness (QED) is 0.629. The van der Waals surface area contributed by atoms with Gasteiger partial charge in [0.25, 0.3) is 5.91 Å². The summed E-state index contributed by atoms with van der Waals surface area (Å²) in [6.45, 7) is 0.611. The average Bonchev–Trinajstić information content (AvgIpc) is 3.26. The molecule has 0 spiro atoms. The first kappa shape index (κ1) is 19.9. The number of benzene rings is 1. The van der Waals surface area contributed by atoms with Gasteiger partial charge in [0.2, 0.25) is 11.8 Å². The highest BCUT2D eigenvalue weighted by Gasteiger charge is 2.40. The van der Waals surface area contributed by atoms with Crippen molar-refractivity contribution in [3.63, 3.8) is 0 Å². The monoisotopic (exact) mass is 428 g/mol. The molecule has 1 aromatic carbocycles. The van der Waals surface area contributed by atoms with Crippen LogP contribution in [0.1, 0.15) is 33.0 Å². The third kappa shape index (κ3) is 3.99. The fourth-order valence-corrected chi connectivity index (χ4v) is 4.57. The summed E-state index contributed by atoms with van der Waals surface area (Å²) in [5, 5.41) is 7.79. The third-order valence-electron chi connectivity index (χ3n) is 5.01. The molecule has 0 aliphatic carbocycles. The zero-order valence-electron chi connectivity index (χ0n) is 16.2. The number of piperidine rings is 1. The number of amides is 5. The number of hydrogen-bond acceptors (Lipinski definition) is 6. The molecule has 1 atom stereocenters. The summed E-state index contributed by atoms with van der Waals surface area (Å²) in [5.41, 5.74) is 1.47. The molecule has 1 fully saturated rings. The van der Waals surface area contributed by atoms with Crippen LogP contribution >= 0.6 is 11.3 Å². The highest BCUT2D eigenvalue weighted by Crippen LogP contribution is 2.33. The van der Waals surface area contributed by atoms with Crippen LogP contribution in [0.5, 0.6) is 5.75 Å². The fourth-order valence-electron chi connectivity index (χ4n) is 3.51. The molecule has 0 radical (unpaired) electrons. The van der Waals surface area contributed by atoms with Crippen molar-refractivity contribution in [3.05, 3.63) is 45.6 Å². The number of nitrogens with one attached hydrogen (secondary N) is 3. The van der Waals surface area contributed by atoms with Gasteiger partial charge >= 0.3 is 6.03 Å². The van der Waals surface area contributed by atoms with Gasteiger partial charge in [0.15, 0.2) is 0 Å². The number of urea groups is 1. The second-order valence-electron chi connectivity index (χ2n) is 7.00. The molecule has 2 aliphatic rings. The Bertz CT molecular complexity index is 1020. The number of anilines is 1. The van der Waals surface area contributed by atoms with Crippen molar-refractivity contribution in [2.75, 3.05) is 12.4 Å². The molecule has 5 amide bonds. The summed E-state index contributed by atoms with van der Waals surface area (Å²) in [6.07, 6.45) is 0.567. The molecule has 3 N–H and O–H groups in total. The summed E-state index contributed by atoms with van der Waals surface area (Å²) >= 11 is 1.30. The van der Waals surface area contributed by atoms with Gasteiger partial charge in [0.05, 0.1) is 18.5 Å². The number of carbonyl (C=O) groups is 4. The van der Waals surface area contributed by atoms with Gasteiger partial charge in [0, 0.05) is 23.5 Å². The van der Waals surface area contributed by atoms with Crippen LogP contribution in [-0.2, 0) is 22.7 Å². The number of hydrogen-bond donors (Lipinski definition) is 3. The number of thiophene rings is 1. The molecule has 1 unspecified atom stereocenters. The van der Waals surface area contributed by atoms with Crippen LogP contribution in [0.25, 0.3) is 0 Å². The van der Waals surface area contributed by atoms with Crippen molar-refractivity contribution in [1.82, 2.24) is 15.5 Å². The Kier molecular flexibility index (Phi) is 5.40. The number of rotatable bonds is 5. The van der Waals surface area contributed by atoms with E-state index in [-0.39, 0.29) is 30.8 Å². The Balaban J connectivity index is 1.33. The van der Waals surface area contributed by atoms with Gasteiger partial charge in [-0.3, -0.25) is 19.7 Å². The van der Waals surface area contributed by atoms with Crippen LogP contribution in [0, 0.1) is 0 Å². The summed E-state index contributed by atoms with van der Waals surface area (Å²) < 4.78 is 5.08. The molecule has 30 heavy (non-hydrogen) atoms. The van der Waals surface area contributed by atoms with Gasteiger partial charge in [-0.1, -0.05) is 0 Å². The van der Waals surface area contributed by atoms with Gasteiger partial charge in [-0.2, -0.15) is 0 Å². The van der Waals surface area contributed by atoms with E-state index in [4.69, 9.17) is 4.74 Å². The van der Waals surface area contributed by atoms with Crippen LogP contribution in [0.2, 0.25) is 0 Å². The fraction of sp³-hybridized carbons (Fsp3) is 0.300. The maximum Gasteiger partial charge on any atom is 0.319 e. The summed E-state index contributed by atoms with van der Waals surface area (Å²) in [6, 6.07) is 7.87. The van der Waals surface area contributed by atoms with Crippen LogP contribution in [0.3, 0.4) is 0 Å². The minimum atomic E-state index is -0.619. The van der Waals surface area contributed by atoms with Crippen LogP contribution in [-0.4, -0.2) is 41.8 Å². The normalized spacial score (nSPS) is 18.1. The Hall–Kier alpha value is -3.40. The van der Waals surface area contributed by atoms with E-state index in [0.29, 0.717) is 29.3 Å². The topological polar surface area (TPSA) is 117 Å². The molecule has 1 aromatic heterocycles. The molecule has 1 saturated heterocycles. The highest BCUT2D eigenvalue weighted by atomic mass is 32.1. The second kappa shape index (κ2) is 8.15. The number of nitrogens with zero attached hydrogens (tertiary/aromatic N) is 1. The van der Waals surface area contributed by atoms with Crippen molar-refractivity contribution in [2.45, 2.75) is 32.0 Å². The van der Waals surface area contributed by atoms with Crippen molar-refractivity contribution in [2.24, 2.45) is 0 Å². The van der Waals surface area contributed by atoms with Crippen LogP contribution < -0.4 is 20.7 Å². The zero-order chi connectivity index (χ0) is 21.3. The Morgan fingerprint density at radius 3 is 2.70 bits per heavy atom. The molecule has 2 aromatic rings. The predicted molar refractivity (Wildman–Crippen MR) is 109 cm³/mol. The van der Waals surface area contributed by atoms with E-state index in [9.17, 15) is 19.2 Å². The first-order chi connectivity index (χ1) is 14.4. The predicted octanol–water partition coefficient (Wildman–Crippen LogP) is 1.84. The molecule has 4 rings (SSSR count). The summed E-state index contributed by atoms with van der Waals surface area (Å²) in [5.74, 6) is -0.241. The molecule has 0 bridgehead atoms. The lowest BCUT2D eigenvalue weighted by Crippen LogP contribution is -2.52. The number of imide groups is 1. The van der Waals surface area contributed by atoms with Gasteiger partial charge < -0.3 is 20.3 Å². The lowest BCUT2D eigenvalue weighted by Gasteiger charge is -2.29. The minimum Gasteiger partial charge on any atom is -0.497 e. The average molecular weight is 428 g/mol. The maximum atomic E-state index is 12.7. The van der Waals surface area contributed by atoms with Crippen molar-refractivity contribution < 1.29 is 23.9 Å². The molecule has 3 heterocycles. The van der Waals surface area contributed by atoms with E-state index in [0.717, 1.165) is 10.4 Å². The molecule has 10 heteroatoms. The number of ether oxygens (including phenoxy) is 1. The van der Waals surface area contributed by atoms with E-state index in [1.165, 1.54) is 16.2 Å². The van der Waals surface area contributed by atoms with Gasteiger partial charge in [-0.05, 0) is 42.3 Å². The molecular weight excluding hydrogens is 408 g/mol. The van der Waals surface area contributed by atoms with Crippen molar-refractivity contribution >= 4 is 40.8 Å². The SMILES string of the molecule is COc1ccc(NC(=O)NCc2cc3c(s2)C(=O)N(C2CCC(=O)NC2=O)C3)cc1. The molecule has 2 aliphatic heterocycles. The van der Waals surface area contributed by atoms with Crippen molar-refractivity contribution in [1.29, 1.82) is 0 Å². The first-order valence-electron chi connectivity index (χ1n) is 9.40. The second-order valence-corrected chi connectivity index (χ2v) is 8.14. The Labute approximate surface area is 176 Å². The Morgan fingerprint density at radius 2 is 2.03 bits per heavy atom. The van der Waals surface area contributed by atoms with Crippen LogP contribution in [0.15, 0.2) is 30.3 Å². The standard InChI is InChI=1S/C20H20N4O5S/c1-29-13-4-2-12(3-5-13)22-20(28)21-9-14-8-11-10-24(19(27)17(11)30-14)15-6-7-16(25)23-18(15)26/h2-5,8,15H,6-7,9-10H2,1H3,(H2,21,22,28)(H,23,25,26). The first-order valence-corrected chi connectivity index (χ1v) is 10.2. The number of carbonyl (C=O) groups excluding carboxylic acids is 4. The van der Waals surface area contributed by atoms with E-state index >= 15 is 0 Å². The number of methoxy groups -OCH3 is 1. The van der Waals surface area contributed by atoms with Gasteiger partial charge in [-0.25, -0.2) is 4.79 Å².